The lowest BCUT2D eigenvalue weighted by Crippen LogP contribution is -1.68. The zero-order chi connectivity index (χ0) is 11.0. The zero-order valence-electron chi connectivity index (χ0n) is 9.53. The van der Waals surface area contributed by atoms with Crippen molar-refractivity contribution in [3.63, 3.8) is 0 Å². The van der Waals surface area contributed by atoms with Gasteiger partial charge in [0.05, 0.1) is 6.20 Å². The SMILES string of the molecule is CC.CC.Cc1nc2ccncc2o1. The van der Waals surface area contributed by atoms with Crippen LogP contribution in [0, 0.1) is 6.92 Å². The van der Waals surface area contributed by atoms with Crippen LogP contribution in [0.25, 0.3) is 11.1 Å². The van der Waals surface area contributed by atoms with Crippen molar-refractivity contribution in [1.82, 2.24) is 9.97 Å². The predicted octanol–water partition coefficient (Wildman–Crippen LogP) is 3.58. The van der Waals surface area contributed by atoms with Gasteiger partial charge in [-0.25, -0.2) is 4.98 Å². The summed E-state index contributed by atoms with van der Waals surface area (Å²) >= 11 is 0. The van der Waals surface area contributed by atoms with Crippen LogP contribution in [0.3, 0.4) is 0 Å². The first-order chi connectivity index (χ1) is 6.86. The van der Waals surface area contributed by atoms with Gasteiger partial charge in [0.15, 0.2) is 11.5 Å². The number of oxazole rings is 1. The second-order valence-electron chi connectivity index (χ2n) is 2.08. The topological polar surface area (TPSA) is 38.9 Å². The summed E-state index contributed by atoms with van der Waals surface area (Å²) in [6, 6.07) is 1.83. The van der Waals surface area contributed by atoms with Gasteiger partial charge in [0.2, 0.25) is 0 Å². The average molecular weight is 194 g/mol. The molecule has 0 aliphatic carbocycles. The minimum atomic E-state index is 0.683. The Kier molecular flexibility index (Phi) is 6.37. The molecule has 0 N–H and O–H groups in total. The molecule has 2 aromatic heterocycles. The number of aromatic nitrogens is 2. The van der Waals surface area contributed by atoms with Crippen LogP contribution >= 0.6 is 0 Å². The first-order valence-electron chi connectivity index (χ1n) is 5.03. The quantitative estimate of drug-likeness (QED) is 0.643. The summed E-state index contributed by atoms with van der Waals surface area (Å²) in [6.45, 7) is 9.82. The number of nitrogens with zero attached hydrogens (tertiary/aromatic N) is 2. The van der Waals surface area contributed by atoms with Crippen molar-refractivity contribution in [3.05, 3.63) is 24.4 Å². The van der Waals surface area contributed by atoms with Crippen LogP contribution < -0.4 is 0 Å². The maximum absolute atomic E-state index is 5.19. The third-order valence-corrected chi connectivity index (χ3v) is 1.30. The second-order valence-corrected chi connectivity index (χ2v) is 2.08. The number of fused-ring (bicyclic) bond motifs is 1. The van der Waals surface area contributed by atoms with Gasteiger partial charge in [-0.2, -0.15) is 0 Å². The molecule has 0 saturated heterocycles. The molecule has 0 fully saturated rings. The zero-order valence-corrected chi connectivity index (χ0v) is 9.53. The van der Waals surface area contributed by atoms with E-state index in [-0.39, 0.29) is 0 Å². The number of pyridine rings is 1. The van der Waals surface area contributed by atoms with E-state index in [1.807, 2.05) is 40.7 Å². The van der Waals surface area contributed by atoms with E-state index in [0.717, 1.165) is 11.1 Å². The van der Waals surface area contributed by atoms with Gasteiger partial charge in [-0.05, 0) is 6.07 Å². The lowest BCUT2D eigenvalue weighted by atomic mass is 10.4. The van der Waals surface area contributed by atoms with E-state index in [2.05, 4.69) is 9.97 Å². The van der Waals surface area contributed by atoms with Crippen molar-refractivity contribution in [2.24, 2.45) is 0 Å². The molecule has 0 unspecified atom stereocenters. The maximum Gasteiger partial charge on any atom is 0.192 e. The molecule has 2 heterocycles. The monoisotopic (exact) mass is 194 g/mol. The maximum atomic E-state index is 5.19. The third kappa shape index (κ3) is 3.17. The van der Waals surface area contributed by atoms with Crippen molar-refractivity contribution in [1.29, 1.82) is 0 Å². The lowest BCUT2D eigenvalue weighted by molar-refractivity contribution is 0.560. The second kappa shape index (κ2) is 7.06. The molecule has 0 amide bonds. The highest BCUT2D eigenvalue weighted by molar-refractivity contribution is 5.70. The molecule has 3 nitrogen and oxygen atoms in total. The van der Waals surface area contributed by atoms with Crippen molar-refractivity contribution < 1.29 is 4.42 Å². The van der Waals surface area contributed by atoms with Crippen LogP contribution in [0.1, 0.15) is 33.6 Å². The predicted molar refractivity (Wildman–Crippen MR) is 59.2 cm³/mol. The third-order valence-electron chi connectivity index (χ3n) is 1.30. The van der Waals surface area contributed by atoms with E-state index in [9.17, 15) is 0 Å². The van der Waals surface area contributed by atoms with Crippen LogP contribution in [0.2, 0.25) is 0 Å². The van der Waals surface area contributed by atoms with Crippen LogP contribution in [-0.2, 0) is 0 Å². The highest BCUT2D eigenvalue weighted by Gasteiger charge is 1.98. The normalized spacial score (nSPS) is 8.36. The first-order valence-corrected chi connectivity index (χ1v) is 5.03. The molecule has 0 aliphatic rings. The van der Waals surface area contributed by atoms with Gasteiger partial charge in [0.25, 0.3) is 0 Å². The van der Waals surface area contributed by atoms with E-state index in [4.69, 9.17) is 4.42 Å². The fraction of sp³-hybridized carbons (Fsp3) is 0.455. The Morgan fingerprint density at radius 2 is 1.79 bits per heavy atom. The summed E-state index contributed by atoms with van der Waals surface area (Å²) in [5.74, 6) is 0.683. The summed E-state index contributed by atoms with van der Waals surface area (Å²) in [7, 11) is 0. The number of aryl methyl sites for hydroxylation is 1. The molecule has 78 valence electrons. The summed E-state index contributed by atoms with van der Waals surface area (Å²) in [6.07, 6.45) is 3.36. The molecule has 0 aliphatic heterocycles. The molecular formula is C11H18N2O. The van der Waals surface area contributed by atoms with E-state index >= 15 is 0 Å². The van der Waals surface area contributed by atoms with Crippen molar-refractivity contribution in [3.8, 4) is 0 Å². The van der Waals surface area contributed by atoms with Gasteiger partial charge in [0.1, 0.15) is 5.52 Å². The van der Waals surface area contributed by atoms with E-state index in [1.165, 1.54) is 0 Å². The van der Waals surface area contributed by atoms with E-state index in [1.54, 1.807) is 12.4 Å². The Balaban J connectivity index is 0.000000379. The molecule has 3 heteroatoms. The van der Waals surface area contributed by atoms with Gasteiger partial charge < -0.3 is 4.42 Å². The Labute approximate surface area is 85.2 Å². The fourth-order valence-corrected chi connectivity index (χ4v) is 0.895. The van der Waals surface area contributed by atoms with Gasteiger partial charge in [-0.3, -0.25) is 4.98 Å². The Morgan fingerprint density at radius 1 is 1.14 bits per heavy atom. The molecule has 0 atom stereocenters. The highest BCUT2D eigenvalue weighted by atomic mass is 16.3. The number of rotatable bonds is 0. The Bertz CT molecular complexity index is 322. The van der Waals surface area contributed by atoms with Crippen LogP contribution in [0.5, 0.6) is 0 Å². The standard InChI is InChI=1S/C7H6N2O.2C2H6/c1-5-9-6-2-3-8-4-7(6)10-5;2*1-2/h2-4H,1H3;2*1-2H3. The molecule has 0 aromatic carbocycles. The van der Waals surface area contributed by atoms with Crippen molar-refractivity contribution in [2.45, 2.75) is 34.6 Å². The highest BCUT2D eigenvalue weighted by Crippen LogP contribution is 2.11. The summed E-state index contributed by atoms with van der Waals surface area (Å²) in [5, 5.41) is 0. The largest absolute Gasteiger partial charge is 0.439 e. The summed E-state index contributed by atoms with van der Waals surface area (Å²) in [4.78, 5) is 8.00. The van der Waals surface area contributed by atoms with Gasteiger partial charge in [0, 0.05) is 13.1 Å². The average Bonchev–Trinajstić information content (AvgIpc) is 2.64. The van der Waals surface area contributed by atoms with Gasteiger partial charge in [-0.15, -0.1) is 0 Å². The Hall–Kier alpha value is -1.38. The summed E-state index contributed by atoms with van der Waals surface area (Å²) in [5.41, 5.74) is 1.62. The molecular weight excluding hydrogens is 176 g/mol. The number of hydrogen-bond acceptors (Lipinski definition) is 3. The van der Waals surface area contributed by atoms with Crippen molar-refractivity contribution in [2.75, 3.05) is 0 Å². The van der Waals surface area contributed by atoms with Gasteiger partial charge >= 0.3 is 0 Å². The molecule has 0 radical (unpaired) electrons. The minimum absolute atomic E-state index is 0.683. The molecule has 0 saturated carbocycles. The van der Waals surface area contributed by atoms with Gasteiger partial charge in [-0.1, -0.05) is 27.7 Å². The lowest BCUT2D eigenvalue weighted by Gasteiger charge is -1.79. The minimum Gasteiger partial charge on any atom is -0.439 e. The molecule has 14 heavy (non-hydrogen) atoms. The fourth-order valence-electron chi connectivity index (χ4n) is 0.895. The number of hydrogen-bond donors (Lipinski definition) is 0. The van der Waals surface area contributed by atoms with Crippen LogP contribution in [-0.4, -0.2) is 9.97 Å². The Morgan fingerprint density at radius 3 is 2.36 bits per heavy atom. The molecule has 0 bridgehead atoms. The van der Waals surface area contributed by atoms with E-state index in [0.29, 0.717) is 5.89 Å². The molecule has 0 spiro atoms. The van der Waals surface area contributed by atoms with Crippen LogP contribution in [0.4, 0.5) is 0 Å². The molecule has 2 rings (SSSR count). The first kappa shape index (κ1) is 12.6. The smallest absolute Gasteiger partial charge is 0.192 e. The van der Waals surface area contributed by atoms with Crippen molar-refractivity contribution >= 4 is 11.1 Å². The summed E-state index contributed by atoms with van der Waals surface area (Å²) < 4.78 is 5.19. The van der Waals surface area contributed by atoms with Crippen LogP contribution in [0.15, 0.2) is 22.9 Å². The van der Waals surface area contributed by atoms with E-state index < -0.39 is 0 Å². The molecule has 2 aromatic rings.